The molecule has 0 heterocycles. The van der Waals surface area contributed by atoms with E-state index in [0.717, 1.165) is 10.8 Å². The van der Waals surface area contributed by atoms with Crippen LogP contribution in [0.4, 0.5) is 0 Å². The third kappa shape index (κ3) is 41.5. The average molecular weight is 453 g/mol. The van der Waals surface area contributed by atoms with Gasteiger partial charge in [0, 0.05) is 4.75 Å². The zero-order chi connectivity index (χ0) is 25.1. The summed E-state index contributed by atoms with van der Waals surface area (Å²) >= 11 is 8.94. The van der Waals surface area contributed by atoms with Gasteiger partial charge in [0.25, 0.3) is 0 Å². The molecule has 0 saturated heterocycles. The quantitative estimate of drug-likeness (QED) is 0.270. The Balaban J connectivity index is -0.000000146. The Labute approximate surface area is 202 Å². The van der Waals surface area contributed by atoms with E-state index < -0.39 is 0 Å². The minimum atomic E-state index is 0.194. The lowest BCUT2D eigenvalue weighted by Gasteiger charge is -2.13. The molecular formula is C28H52S2. The first-order valence-electron chi connectivity index (χ1n) is 10.9. The van der Waals surface area contributed by atoms with Gasteiger partial charge in [-0.15, -0.1) is 6.58 Å². The third-order valence-corrected chi connectivity index (χ3v) is 4.28. The van der Waals surface area contributed by atoms with Crippen LogP contribution in [0.3, 0.4) is 0 Å². The SMILES string of the molecule is C=C(C)[C@@H](C)C(C)C.C=CC.CC(=S)C(C)C.CC(C)(C)S.Cc1ccc(C)cc1. The summed E-state index contributed by atoms with van der Waals surface area (Å²) in [6.07, 6.45) is 1.75. The maximum absolute atomic E-state index is 4.82. The van der Waals surface area contributed by atoms with Crippen LogP contribution in [0.1, 0.15) is 87.3 Å². The highest BCUT2D eigenvalue weighted by Crippen LogP contribution is 2.16. The van der Waals surface area contributed by atoms with Crippen molar-refractivity contribution in [3.05, 3.63) is 60.2 Å². The molecule has 0 bridgehead atoms. The molecule has 1 atom stereocenters. The van der Waals surface area contributed by atoms with E-state index in [1.807, 2.05) is 13.8 Å². The smallest absolute Gasteiger partial charge is 0.00449 e. The van der Waals surface area contributed by atoms with Gasteiger partial charge in [-0.3, -0.25) is 0 Å². The van der Waals surface area contributed by atoms with Crippen LogP contribution in [0.5, 0.6) is 0 Å². The van der Waals surface area contributed by atoms with Crippen molar-refractivity contribution < 1.29 is 0 Å². The van der Waals surface area contributed by atoms with Crippen LogP contribution in [0, 0.1) is 31.6 Å². The number of allylic oxidation sites excluding steroid dienone is 2. The van der Waals surface area contributed by atoms with Crippen LogP contribution in [0.25, 0.3) is 0 Å². The van der Waals surface area contributed by atoms with Crippen LogP contribution in [0.2, 0.25) is 0 Å². The van der Waals surface area contributed by atoms with E-state index in [1.54, 1.807) is 6.08 Å². The Kier molecular flexibility index (Phi) is 26.0. The van der Waals surface area contributed by atoms with Crippen molar-refractivity contribution in [2.24, 2.45) is 17.8 Å². The lowest BCUT2D eigenvalue weighted by atomic mass is 9.92. The van der Waals surface area contributed by atoms with E-state index in [2.05, 4.69) is 126 Å². The van der Waals surface area contributed by atoms with Gasteiger partial charge in [-0.25, -0.2) is 0 Å². The molecule has 30 heavy (non-hydrogen) atoms. The standard InChI is InChI=1S/C8H10.C8H16.C5H10S.C4H10S.C3H6/c1-7-3-5-8(2)6-4-7;1-6(2)8(5)7(3)4;1-4(2)5(3)6;1-4(2,3)5;1-3-2/h3-6H,1-2H3;7-8H,1H2,2-5H3;4H,1-3H3;5H,1-3H3;3H,1H2,2H3/t;8-;;;/m.1.../s1. The van der Waals surface area contributed by atoms with Crippen LogP contribution < -0.4 is 0 Å². The fourth-order valence-corrected chi connectivity index (χ4v) is 1.21. The molecule has 0 saturated carbocycles. The molecule has 0 unspecified atom stereocenters. The highest BCUT2D eigenvalue weighted by atomic mass is 32.1. The Morgan fingerprint density at radius 1 is 0.933 bits per heavy atom. The summed E-state index contributed by atoms with van der Waals surface area (Å²) < 4.78 is 0.194. The van der Waals surface area contributed by atoms with E-state index in [-0.39, 0.29) is 4.75 Å². The molecule has 0 aliphatic heterocycles. The molecule has 0 amide bonds. The zero-order valence-corrected chi connectivity index (χ0v) is 24.1. The van der Waals surface area contributed by atoms with Crippen LogP contribution in [-0.2, 0) is 0 Å². The third-order valence-electron chi connectivity index (χ3n) is 3.81. The van der Waals surface area contributed by atoms with Crippen molar-refractivity contribution in [2.75, 3.05) is 0 Å². The Bertz CT molecular complexity index is 516. The van der Waals surface area contributed by atoms with Crippen molar-refractivity contribution >= 4 is 29.7 Å². The monoisotopic (exact) mass is 452 g/mol. The molecule has 2 heteroatoms. The molecule has 0 radical (unpaired) electrons. The second kappa shape index (κ2) is 21.4. The summed E-state index contributed by atoms with van der Waals surface area (Å²) in [7, 11) is 0. The largest absolute Gasteiger partial charge is 0.173 e. The van der Waals surface area contributed by atoms with E-state index >= 15 is 0 Å². The first-order chi connectivity index (χ1) is 13.4. The molecule has 0 fully saturated rings. The first-order valence-corrected chi connectivity index (χ1v) is 11.7. The summed E-state index contributed by atoms with van der Waals surface area (Å²) in [6, 6.07) is 8.48. The van der Waals surface area contributed by atoms with Gasteiger partial charge in [0.05, 0.1) is 0 Å². The van der Waals surface area contributed by atoms with Gasteiger partial charge in [0.15, 0.2) is 0 Å². The van der Waals surface area contributed by atoms with Gasteiger partial charge in [-0.1, -0.05) is 121 Å². The maximum Gasteiger partial charge on any atom is 0.00449 e. The minimum absolute atomic E-state index is 0.194. The van der Waals surface area contributed by atoms with Crippen LogP contribution >= 0.6 is 24.8 Å². The number of rotatable bonds is 3. The van der Waals surface area contributed by atoms with Gasteiger partial charge in [-0.05, 0) is 57.2 Å². The molecule has 0 spiro atoms. The van der Waals surface area contributed by atoms with Gasteiger partial charge in [0.1, 0.15) is 0 Å². The summed E-state index contributed by atoms with van der Waals surface area (Å²) in [5.41, 5.74) is 3.95. The van der Waals surface area contributed by atoms with Crippen molar-refractivity contribution in [3.63, 3.8) is 0 Å². The molecule has 0 aromatic heterocycles. The van der Waals surface area contributed by atoms with Crippen molar-refractivity contribution in [2.45, 2.75) is 94.8 Å². The normalized spacial score (nSPS) is 10.5. The summed E-state index contributed by atoms with van der Waals surface area (Å²) in [5, 5.41) is 0. The molecule has 1 rings (SSSR count). The van der Waals surface area contributed by atoms with Crippen LogP contribution in [0.15, 0.2) is 49.1 Å². The molecule has 176 valence electrons. The van der Waals surface area contributed by atoms with Crippen molar-refractivity contribution in [1.29, 1.82) is 0 Å². The molecule has 0 aliphatic carbocycles. The summed E-state index contributed by atoms with van der Waals surface area (Å²) in [5.74, 6) is 2.00. The predicted molar refractivity (Wildman–Crippen MR) is 152 cm³/mol. The molecular weight excluding hydrogens is 400 g/mol. The Morgan fingerprint density at radius 2 is 1.13 bits per heavy atom. The van der Waals surface area contributed by atoms with Crippen molar-refractivity contribution in [3.8, 4) is 0 Å². The maximum atomic E-state index is 4.82. The molecule has 1 aromatic rings. The van der Waals surface area contributed by atoms with Gasteiger partial charge >= 0.3 is 0 Å². The highest BCUT2D eigenvalue weighted by molar-refractivity contribution is 7.81. The Hall–Kier alpha value is -0.860. The van der Waals surface area contributed by atoms with Gasteiger partial charge in [0.2, 0.25) is 0 Å². The number of thiol groups is 1. The topological polar surface area (TPSA) is 0 Å². The van der Waals surface area contributed by atoms with E-state index in [4.69, 9.17) is 12.2 Å². The lowest BCUT2D eigenvalue weighted by molar-refractivity contribution is 0.481. The van der Waals surface area contributed by atoms with E-state index in [1.165, 1.54) is 16.7 Å². The highest BCUT2D eigenvalue weighted by Gasteiger charge is 2.05. The summed E-state index contributed by atoms with van der Waals surface area (Å²) in [6.45, 7) is 34.4. The zero-order valence-electron chi connectivity index (χ0n) is 22.4. The van der Waals surface area contributed by atoms with Crippen LogP contribution in [-0.4, -0.2) is 9.61 Å². The predicted octanol–water partition coefficient (Wildman–Crippen LogP) is 10.1. The van der Waals surface area contributed by atoms with E-state index in [9.17, 15) is 0 Å². The van der Waals surface area contributed by atoms with E-state index in [0.29, 0.717) is 11.8 Å². The second-order valence-corrected chi connectivity index (χ2v) is 11.4. The van der Waals surface area contributed by atoms with Crippen molar-refractivity contribution in [1.82, 2.24) is 0 Å². The number of thiocarbonyl (C=S) groups is 1. The molecule has 0 aliphatic rings. The number of benzene rings is 1. The number of hydrogen-bond acceptors (Lipinski definition) is 2. The molecule has 1 aromatic carbocycles. The fourth-order valence-electron chi connectivity index (χ4n) is 1.21. The number of hydrogen-bond donors (Lipinski definition) is 1. The fraction of sp³-hybridized carbons (Fsp3) is 0.607. The lowest BCUT2D eigenvalue weighted by Crippen LogP contribution is -2.03. The summed E-state index contributed by atoms with van der Waals surface area (Å²) in [4.78, 5) is 1.09. The Morgan fingerprint density at radius 3 is 1.20 bits per heavy atom. The molecule has 0 N–H and O–H groups in total. The molecule has 0 nitrogen and oxygen atoms in total. The first kappa shape index (κ1) is 36.5. The van der Waals surface area contributed by atoms with Gasteiger partial charge < -0.3 is 0 Å². The van der Waals surface area contributed by atoms with Gasteiger partial charge in [-0.2, -0.15) is 12.6 Å². The average Bonchev–Trinajstić information content (AvgIpc) is 2.57. The second-order valence-electron chi connectivity index (χ2n) is 9.38. The minimum Gasteiger partial charge on any atom is -0.173 e. The number of aryl methyl sites for hydroxylation is 2.